The summed E-state index contributed by atoms with van der Waals surface area (Å²) in [6.45, 7) is 7.39. The van der Waals surface area contributed by atoms with Gasteiger partial charge in [-0.2, -0.15) is 0 Å². The molecular formula is C13H24N2O2. The molecule has 2 heterocycles. The van der Waals surface area contributed by atoms with Crippen LogP contribution in [0.25, 0.3) is 0 Å². The second-order valence-corrected chi connectivity index (χ2v) is 5.21. The zero-order valence-electron chi connectivity index (χ0n) is 11.0. The quantitative estimate of drug-likeness (QED) is 0.805. The van der Waals surface area contributed by atoms with Crippen LogP contribution in [0, 0.1) is 0 Å². The molecule has 0 bridgehead atoms. The Morgan fingerprint density at radius 2 is 2.00 bits per heavy atom. The molecule has 2 saturated heterocycles. The zero-order valence-corrected chi connectivity index (χ0v) is 11.0. The van der Waals surface area contributed by atoms with Crippen LogP contribution in [0.3, 0.4) is 0 Å². The van der Waals surface area contributed by atoms with Crippen LogP contribution >= 0.6 is 0 Å². The molecule has 2 rings (SSSR count). The van der Waals surface area contributed by atoms with Crippen molar-refractivity contribution < 1.29 is 9.53 Å². The second kappa shape index (κ2) is 5.36. The van der Waals surface area contributed by atoms with Crippen molar-refractivity contribution in [2.45, 2.75) is 51.2 Å². The first kappa shape index (κ1) is 12.8. The first-order valence-electron chi connectivity index (χ1n) is 6.85. The van der Waals surface area contributed by atoms with E-state index in [1.165, 1.54) is 0 Å². The molecule has 0 aromatic heterocycles. The van der Waals surface area contributed by atoms with E-state index in [1.807, 2.05) is 0 Å². The van der Waals surface area contributed by atoms with Crippen LogP contribution in [-0.4, -0.2) is 48.7 Å². The van der Waals surface area contributed by atoms with Crippen LogP contribution in [0.5, 0.6) is 0 Å². The summed E-state index contributed by atoms with van der Waals surface area (Å²) in [5.41, 5.74) is -0.0677. The lowest BCUT2D eigenvalue weighted by molar-refractivity contribution is -0.172. The molecule has 0 unspecified atom stereocenters. The first-order chi connectivity index (χ1) is 8.21. The maximum absolute atomic E-state index is 12.0. The lowest BCUT2D eigenvalue weighted by Gasteiger charge is -2.47. The van der Waals surface area contributed by atoms with Crippen molar-refractivity contribution in [1.29, 1.82) is 0 Å². The van der Waals surface area contributed by atoms with Gasteiger partial charge in [-0.05, 0) is 38.8 Å². The predicted molar refractivity (Wildman–Crippen MR) is 66.9 cm³/mol. The first-order valence-corrected chi connectivity index (χ1v) is 6.85. The van der Waals surface area contributed by atoms with Gasteiger partial charge in [0.2, 0.25) is 5.91 Å². The Bertz CT molecular complexity index is 271. The van der Waals surface area contributed by atoms with E-state index in [2.05, 4.69) is 24.1 Å². The van der Waals surface area contributed by atoms with E-state index in [-0.39, 0.29) is 18.1 Å². The number of nitrogens with zero attached hydrogens (tertiary/aromatic N) is 1. The van der Waals surface area contributed by atoms with Gasteiger partial charge in [0.25, 0.3) is 0 Å². The molecule has 17 heavy (non-hydrogen) atoms. The summed E-state index contributed by atoms with van der Waals surface area (Å²) in [5.74, 6) is 0.169. The Morgan fingerprint density at radius 3 is 2.59 bits per heavy atom. The van der Waals surface area contributed by atoms with Crippen LogP contribution in [0.1, 0.15) is 39.5 Å². The monoisotopic (exact) mass is 240 g/mol. The number of hydrogen-bond donors (Lipinski definition) is 1. The van der Waals surface area contributed by atoms with E-state index in [0.717, 1.165) is 45.3 Å². The van der Waals surface area contributed by atoms with E-state index in [9.17, 15) is 4.79 Å². The van der Waals surface area contributed by atoms with Gasteiger partial charge in [-0.15, -0.1) is 0 Å². The smallest absolute Gasteiger partial charge is 0.248 e. The largest absolute Gasteiger partial charge is 0.363 e. The number of carbonyl (C=O) groups is 1. The number of carbonyl (C=O) groups excluding carboxylic acids is 1. The number of piperidine rings is 1. The summed E-state index contributed by atoms with van der Waals surface area (Å²) in [4.78, 5) is 14.0. The van der Waals surface area contributed by atoms with Gasteiger partial charge < -0.3 is 15.0 Å². The van der Waals surface area contributed by atoms with Crippen molar-refractivity contribution in [3.05, 3.63) is 0 Å². The van der Waals surface area contributed by atoms with Crippen LogP contribution in [0.15, 0.2) is 0 Å². The zero-order chi connectivity index (χ0) is 12.3. The lowest BCUT2D eigenvalue weighted by atomic mass is 9.89. The van der Waals surface area contributed by atoms with Crippen molar-refractivity contribution in [3.8, 4) is 0 Å². The number of rotatable bonds is 3. The fraction of sp³-hybridized carbons (Fsp3) is 0.923. The third-order valence-corrected chi connectivity index (χ3v) is 4.18. The fourth-order valence-corrected chi connectivity index (χ4v) is 2.99. The van der Waals surface area contributed by atoms with Crippen molar-refractivity contribution in [2.24, 2.45) is 0 Å². The minimum Gasteiger partial charge on any atom is -0.363 e. The van der Waals surface area contributed by atoms with Gasteiger partial charge in [0.1, 0.15) is 6.61 Å². The normalized spacial score (nSPS) is 24.6. The van der Waals surface area contributed by atoms with Gasteiger partial charge in [0.15, 0.2) is 0 Å². The maximum atomic E-state index is 12.0. The van der Waals surface area contributed by atoms with E-state index >= 15 is 0 Å². The molecule has 0 aromatic rings. The summed E-state index contributed by atoms with van der Waals surface area (Å²) in [6.07, 6.45) is 4.13. The Hall–Kier alpha value is -0.610. The SMILES string of the molecule is CCC(CC)N1CC2(CCNCC2)OCC1=O. The predicted octanol–water partition coefficient (Wildman–Crippen LogP) is 1.16. The summed E-state index contributed by atoms with van der Waals surface area (Å²) in [7, 11) is 0. The molecule has 1 amide bonds. The van der Waals surface area contributed by atoms with Gasteiger partial charge >= 0.3 is 0 Å². The minimum atomic E-state index is -0.0677. The van der Waals surface area contributed by atoms with Crippen molar-refractivity contribution in [3.63, 3.8) is 0 Å². The maximum Gasteiger partial charge on any atom is 0.248 e. The average Bonchev–Trinajstić information content (AvgIpc) is 2.36. The molecule has 0 radical (unpaired) electrons. The molecule has 4 heteroatoms. The number of ether oxygens (including phenoxy) is 1. The van der Waals surface area contributed by atoms with Crippen LogP contribution in [0.4, 0.5) is 0 Å². The highest BCUT2D eigenvalue weighted by Crippen LogP contribution is 2.29. The van der Waals surface area contributed by atoms with Gasteiger partial charge in [-0.25, -0.2) is 0 Å². The lowest BCUT2D eigenvalue weighted by Crippen LogP contribution is -2.60. The molecule has 0 atom stereocenters. The highest BCUT2D eigenvalue weighted by molar-refractivity contribution is 5.78. The van der Waals surface area contributed by atoms with Gasteiger partial charge in [0.05, 0.1) is 12.1 Å². The summed E-state index contributed by atoms with van der Waals surface area (Å²) < 4.78 is 5.86. The van der Waals surface area contributed by atoms with Crippen LogP contribution in [0.2, 0.25) is 0 Å². The molecule has 1 N–H and O–H groups in total. The molecule has 0 aliphatic carbocycles. The molecule has 1 spiro atoms. The van der Waals surface area contributed by atoms with E-state index in [1.54, 1.807) is 0 Å². The second-order valence-electron chi connectivity index (χ2n) is 5.21. The Kier molecular flexibility index (Phi) is 4.05. The molecule has 4 nitrogen and oxygen atoms in total. The summed E-state index contributed by atoms with van der Waals surface area (Å²) >= 11 is 0. The Balaban J connectivity index is 2.07. The minimum absolute atomic E-state index is 0.0677. The number of morpholine rings is 1. The van der Waals surface area contributed by atoms with Crippen molar-refractivity contribution >= 4 is 5.91 Å². The van der Waals surface area contributed by atoms with Gasteiger partial charge in [-0.1, -0.05) is 13.8 Å². The highest BCUT2D eigenvalue weighted by atomic mass is 16.5. The molecule has 2 aliphatic rings. The summed E-state index contributed by atoms with van der Waals surface area (Å²) in [6, 6.07) is 0.387. The average molecular weight is 240 g/mol. The molecular weight excluding hydrogens is 216 g/mol. The third kappa shape index (κ3) is 2.63. The van der Waals surface area contributed by atoms with Crippen molar-refractivity contribution in [2.75, 3.05) is 26.2 Å². The Morgan fingerprint density at radius 1 is 1.35 bits per heavy atom. The summed E-state index contributed by atoms with van der Waals surface area (Å²) in [5, 5.41) is 3.36. The van der Waals surface area contributed by atoms with Gasteiger partial charge in [0, 0.05) is 6.04 Å². The van der Waals surface area contributed by atoms with Gasteiger partial charge in [-0.3, -0.25) is 4.79 Å². The number of hydrogen-bond acceptors (Lipinski definition) is 3. The van der Waals surface area contributed by atoms with Crippen LogP contribution in [-0.2, 0) is 9.53 Å². The molecule has 2 aliphatic heterocycles. The standard InChI is InChI=1S/C13H24N2O2/c1-3-11(4-2)15-10-13(17-9-12(15)16)5-7-14-8-6-13/h11,14H,3-10H2,1-2H3. The molecule has 0 saturated carbocycles. The van der Waals surface area contributed by atoms with E-state index in [4.69, 9.17) is 4.74 Å². The van der Waals surface area contributed by atoms with E-state index < -0.39 is 0 Å². The molecule has 0 aromatic carbocycles. The van der Waals surface area contributed by atoms with E-state index in [0.29, 0.717) is 6.04 Å². The highest BCUT2D eigenvalue weighted by Gasteiger charge is 2.42. The Labute approximate surface area is 104 Å². The number of nitrogens with one attached hydrogen (secondary N) is 1. The molecule has 98 valence electrons. The topological polar surface area (TPSA) is 41.6 Å². The molecule has 2 fully saturated rings. The van der Waals surface area contributed by atoms with Crippen LogP contribution < -0.4 is 5.32 Å². The van der Waals surface area contributed by atoms with Crippen molar-refractivity contribution in [1.82, 2.24) is 10.2 Å². The number of amides is 1. The fourth-order valence-electron chi connectivity index (χ4n) is 2.99. The third-order valence-electron chi connectivity index (χ3n) is 4.18.